The summed E-state index contributed by atoms with van der Waals surface area (Å²) in [4.78, 5) is 10.00. The smallest absolute Gasteiger partial charge is 0.258 e. The Morgan fingerprint density at radius 1 is 1.19 bits per heavy atom. The molecule has 0 aromatic rings. The fourth-order valence-electron chi connectivity index (χ4n) is 1.59. The molecule has 16 heavy (non-hydrogen) atoms. The molecule has 88 valence electrons. The Labute approximate surface area is 94.2 Å². The molecular formula is C10H13NO4S. The second kappa shape index (κ2) is 3.86. The highest BCUT2D eigenvalue weighted by Crippen LogP contribution is 2.37. The molecule has 0 aliphatic carbocycles. The van der Waals surface area contributed by atoms with E-state index < -0.39 is 14.8 Å². The number of rotatable bonds is 1. The largest absolute Gasteiger partial charge is 0.289 e. The van der Waals surface area contributed by atoms with Crippen LogP contribution in [0.15, 0.2) is 32.7 Å². The molecule has 1 rings (SSSR count). The number of hydrogen-bond donors (Lipinski definition) is 0. The fourth-order valence-corrected chi connectivity index (χ4v) is 3.56. The Balaban J connectivity index is 3.69. The normalized spacial score (nSPS) is 18.4. The van der Waals surface area contributed by atoms with E-state index in [1.54, 1.807) is 27.7 Å². The molecule has 0 bridgehead atoms. The van der Waals surface area contributed by atoms with E-state index in [0.717, 1.165) is 6.08 Å². The first-order valence-corrected chi connectivity index (χ1v) is 6.14. The van der Waals surface area contributed by atoms with E-state index in [4.69, 9.17) is 0 Å². The van der Waals surface area contributed by atoms with Gasteiger partial charge in [0.1, 0.15) is 4.91 Å². The Morgan fingerprint density at radius 3 is 1.94 bits per heavy atom. The van der Waals surface area contributed by atoms with E-state index in [-0.39, 0.29) is 15.5 Å². The molecule has 0 saturated carbocycles. The third kappa shape index (κ3) is 1.80. The Kier molecular flexibility index (Phi) is 3.05. The Morgan fingerprint density at radius 2 is 1.69 bits per heavy atom. The average Bonchev–Trinajstić information content (AvgIpc) is 2.36. The average molecular weight is 243 g/mol. The SMILES string of the molecule is CC(C)=C1C=C([N+](=O)[O-])C(=C(C)C)S1(=O)=O. The van der Waals surface area contributed by atoms with Gasteiger partial charge in [-0.15, -0.1) is 0 Å². The molecule has 0 radical (unpaired) electrons. The lowest BCUT2D eigenvalue weighted by atomic mass is 10.2. The molecular weight excluding hydrogens is 230 g/mol. The Bertz CT molecular complexity index is 541. The number of nitrogens with zero attached hydrogens (tertiary/aromatic N) is 1. The zero-order valence-corrected chi connectivity index (χ0v) is 10.4. The van der Waals surface area contributed by atoms with Crippen LogP contribution in [0.1, 0.15) is 27.7 Å². The van der Waals surface area contributed by atoms with Gasteiger partial charge < -0.3 is 0 Å². The highest BCUT2D eigenvalue weighted by Gasteiger charge is 2.40. The number of sulfone groups is 1. The molecule has 6 heteroatoms. The third-order valence-corrected chi connectivity index (χ3v) is 4.46. The van der Waals surface area contributed by atoms with Gasteiger partial charge in [0.25, 0.3) is 5.70 Å². The minimum atomic E-state index is -3.70. The summed E-state index contributed by atoms with van der Waals surface area (Å²) in [6.07, 6.45) is 1.13. The van der Waals surface area contributed by atoms with Crippen LogP contribution in [0.5, 0.6) is 0 Å². The summed E-state index contributed by atoms with van der Waals surface area (Å²) in [5, 5.41) is 10.8. The van der Waals surface area contributed by atoms with Gasteiger partial charge in [-0.2, -0.15) is 0 Å². The summed E-state index contributed by atoms with van der Waals surface area (Å²) < 4.78 is 24.0. The van der Waals surface area contributed by atoms with E-state index in [1.807, 2.05) is 0 Å². The Hall–Kier alpha value is -1.43. The maximum Gasteiger partial charge on any atom is 0.289 e. The molecule has 0 aromatic carbocycles. The van der Waals surface area contributed by atoms with Gasteiger partial charge in [-0.3, -0.25) is 10.1 Å². The van der Waals surface area contributed by atoms with Crippen LogP contribution in [0.2, 0.25) is 0 Å². The first-order valence-electron chi connectivity index (χ1n) is 4.66. The van der Waals surface area contributed by atoms with Gasteiger partial charge in [0.2, 0.25) is 9.84 Å². The van der Waals surface area contributed by atoms with Crippen LogP contribution in [-0.2, 0) is 9.84 Å². The minimum absolute atomic E-state index is 0.0374. The van der Waals surface area contributed by atoms with E-state index in [0.29, 0.717) is 11.1 Å². The standard InChI is InChI=1S/C10H13NO4S/c1-6(2)9-5-8(11(12)13)10(7(3)4)16(9,14)15/h5H,1-4H3. The fraction of sp³-hybridized carbons (Fsp3) is 0.400. The van der Waals surface area contributed by atoms with Crippen molar-refractivity contribution in [3.63, 3.8) is 0 Å². The topological polar surface area (TPSA) is 77.3 Å². The van der Waals surface area contributed by atoms with Gasteiger partial charge in [-0.25, -0.2) is 8.42 Å². The number of nitro groups is 1. The molecule has 1 heterocycles. The summed E-state index contributed by atoms with van der Waals surface area (Å²) in [6.45, 7) is 6.35. The quantitative estimate of drug-likeness (QED) is 0.522. The molecule has 5 nitrogen and oxygen atoms in total. The first-order chi connectivity index (χ1) is 7.19. The van der Waals surface area contributed by atoms with Crippen molar-refractivity contribution in [3.05, 3.63) is 42.8 Å². The van der Waals surface area contributed by atoms with Crippen LogP contribution in [0.25, 0.3) is 0 Å². The van der Waals surface area contributed by atoms with Crippen LogP contribution in [-0.4, -0.2) is 13.3 Å². The second-order valence-corrected chi connectivity index (χ2v) is 5.84. The van der Waals surface area contributed by atoms with Crippen LogP contribution in [0, 0.1) is 10.1 Å². The molecule has 0 unspecified atom stereocenters. The summed E-state index contributed by atoms with van der Waals surface area (Å²) >= 11 is 0. The number of allylic oxidation sites excluding steroid dienone is 3. The van der Waals surface area contributed by atoms with Crippen molar-refractivity contribution in [3.8, 4) is 0 Å². The second-order valence-electron chi connectivity index (χ2n) is 3.98. The van der Waals surface area contributed by atoms with Crippen molar-refractivity contribution in [2.24, 2.45) is 0 Å². The lowest BCUT2D eigenvalue weighted by Gasteiger charge is -2.02. The lowest BCUT2D eigenvalue weighted by molar-refractivity contribution is -0.419. The minimum Gasteiger partial charge on any atom is -0.258 e. The van der Waals surface area contributed by atoms with Crippen LogP contribution >= 0.6 is 0 Å². The molecule has 0 spiro atoms. The molecule has 1 aliphatic rings. The summed E-state index contributed by atoms with van der Waals surface area (Å²) in [7, 11) is -3.70. The molecule has 0 atom stereocenters. The molecule has 0 saturated heterocycles. The van der Waals surface area contributed by atoms with Gasteiger partial charge >= 0.3 is 0 Å². The van der Waals surface area contributed by atoms with E-state index >= 15 is 0 Å². The van der Waals surface area contributed by atoms with Gasteiger partial charge in [0, 0.05) is 6.08 Å². The molecule has 1 aliphatic heterocycles. The molecule has 0 amide bonds. The van der Waals surface area contributed by atoms with Crippen LogP contribution in [0.3, 0.4) is 0 Å². The van der Waals surface area contributed by atoms with Crippen LogP contribution in [0.4, 0.5) is 0 Å². The molecule has 0 aromatic heterocycles. The third-order valence-electron chi connectivity index (χ3n) is 2.20. The van der Waals surface area contributed by atoms with Crippen molar-refractivity contribution in [1.82, 2.24) is 0 Å². The lowest BCUT2D eigenvalue weighted by Crippen LogP contribution is -2.07. The molecule has 0 N–H and O–H groups in total. The number of hydrogen-bond acceptors (Lipinski definition) is 4. The zero-order valence-electron chi connectivity index (χ0n) is 9.57. The van der Waals surface area contributed by atoms with E-state index in [1.165, 1.54) is 0 Å². The van der Waals surface area contributed by atoms with Gasteiger partial charge in [-0.1, -0.05) is 11.1 Å². The maximum atomic E-state index is 12.0. The van der Waals surface area contributed by atoms with Crippen molar-refractivity contribution in [2.45, 2.75) is 27.7 Å². The van der Waals surface area contributed by atoms with Crippen molar-refractivity contribution in [1.29, 1.82) is 0 Å². The summed E-state index contributed by atoms with van der Waals surface area (Å²) in [5.41, 5.74) is 0.644. The monoisotopic (exact) mass is 243 g/mol. The highest BCUT2D eigenvalue weighted by molar-refractivity contribution is 7.99. The maximum absolute atomic E-state index is 12.0. The summed E-state index contributed by atoms with van der Waals surface area (Å²) in [5.74, 6) is 0. The van der Waals surface area contributed by atoms with Gasteiger partial charge in [0.05, 0.1) is 9.83 Å². The summed E-state index contributed by atoms with van der Waals surface area (Å²) in [6, 6.07) is 0. The predicted molar refractivity (Wildman–Crippen MR) is 60.7 cm³/mol. The van der Waals surface area contributed by atoms with Crippen molar-refractivity contribution >= 4 is 9.84 Å². The van der Waals surface area contributed by atoms with Crippen molar-refractivity contribution in [2.75, 3.05) is 0 Å². The molecule has 0 fully saturated rings. The van der Waals surface area contributed by atoms with Crippen molar-refractivity contribution < 1.29 is 13.3 Å². The van der Waals surface area contributed by atoms with E-state index in [9.17, 15) is 18.5 Å². The van der Waals surface area contributed by atoms with Crippen LogP contribution < -0.4 is 0 Å². The van der Waals surface area contributed by atoms with Gasteiger partial charge in [-0.05, 0) is 27.7 Å². The highest BCUT2D eigenvalue weighted by atomic mass is 32.2. The van der Waals surface area contributed by atoms with Gasteiger partial charge in [0.15, 0.2) is 0 Å². The zero-order chi connectivity index (χ0) is 12.7. The van der Waals surface area contributed by atoms with E-state index in [2.05, 4.69) is 0 Å². The first kappa shape index (κ1) is 12.6. The predicted octanol–water partition coefficient (Wildman–Crippen LogP) is 2.16.